The normalized spacial score (nSPS) is 12.7. The molecular formula is C14H18F2N4. The Morgan fingerprint density at radius 3 is 2.45 bits per heavy atom. The van der Waals surface area contributed by atoms with Crippen molar-refractivity contribution in [3.05, 3.63) is 52.9 Å². The first-order valence-corrected chi connectivity index (χ1v) is 6.39. The summed E-state index contributed by atoms with van der Waals surface area (Å²) in [4.78, 5) is 0. The Kier molecular flexibility index (Phi) is 4.46. The lowest BCUT2D eigenvalue weighted by molar-refractivity contribution is 0.474. The third-order valence-corrected chi connectivity index (χ3v) is 3.30. The first-order valence-electron chi connectivity index (χ1n) is 6.39. The van der Waals surface area contributed by atoms with E-state index in [9.17, 15) is 8.78 Å². The second-order valence-electron chi connectivity index (χ2n) is 4.87. The SMILES string of the molecule is Cc1cc(CC(Cc2c(F)cccc2F)NN)n(C)n1. The molecule has 0 fully saturated rings. The molecule has 0 spiro atoms. The Labute approximate surface area is 116 Å². The lowest BCUT2D eigenvalue weighted by atomic mass is 10.0. The molecule has 0 aliphatic carbocycles. The van der Waals surface area contributed by atoms with Crippen molar-refractivity contribution < 1.29 is 8.78 Å². The Morgan fingerprint density at radius 1 is 1.30 bits per heavy atom. The minimum absolute atomic E-state index is 0.0503. The molecule has 1 unspecified atom stereocenters. The molecule has 2 rings (SSSR count). The van der Waals surface area contributed by atoms with E-state index >= 15 is 0 Å². The molecule has 1 heterocycles. The van der Waals surface area contributed by atoms with Crippen molar-refractivity contribution in [3.8, 4) is 0 Å². The maximum Gasteiger partial charge on any atom is 0.129 e. The maximum absolute atomic E-state index is 13.6. The summed E-state index contributed by atoms with van der Waals surface area (Å²) in [5, 5.41) is 4.24. The van der Waals surface area contributed by atoms with Crippen LogP contribution in [0.25, 0.3) is 0 Å². The summed E-state index contributed by atoms with van der Waals surface area (Å²) in [6.45, 7) is 1.89. The Balaban J connectivity index is 2.15. The van der Waals surface area contributed by atoms with E-state index in [1.165, 1.54) is 18.2 Å². The molecule has 0 aliphatic rings. The summed E-state index contributed by atoms with van der Waals surface area (Å²) in [6.07, 6.45) is 0.723. The van der Waals surface area contributed by atoms with Gasteiger partial charge in [-0.15, -0.1) is 0 Å². The highest BCUT2D eigenvalue weighted by Crippen LogP contribution is 2.16. The van der Waals surface area contributed by atoms with Gasteiger partial charge in [0.05, 0.1) is 5.69 Å². The highest BCUT2D eigenvalue weighted by molar-refractivity contribution is 5.21. The van der Waals surface area contributed by atoms with Crippen LogP contribution in [0.3, 0.4) is 0 Å². The molecule has 20 heavy (non-hydrogen) atoms. The van der Waals surface area contributed by atoms with Crippen molar-refractivity contribution in [2.75, 3.05) is 0 Å². The van der Waals surface area contributed by atoms with Gasteiger partial charge < -0.3 is 0 Å². The summed E-state index contributed by atoms with van der Waals surface area (Å²) >= 11 is 0. The Morgan fingerprint density at radius 2 is 1.95 bits per heavy atom. The Bertz CT molecular complexity index is 575. The van der Waals surface area contributed by atoms with Gasteiger partial charge in [0.2, 0.25) is 0 Å². The number of halogens is 2. The minimum atomic E-state index is -0.550. The summed E-state index contributed by atoms with van der Waals surface area (Å²) in [7, 11) is 1.83. The van der Waals surface area contributed by atoms with Gasteiger partial charge in [0.15, 0.2) is 0 Å². The summed E-state index contributed by atoms with van der Waals surface area (Å²) in [5.41, 5.74) is 4.52. The standard InChI is InChI=1S/C14H18F2N4/c1-9-6-11(20(2)19-9)7-10(18-17)8-12-13(15)4-3-5-14(12)16/h3-6,10,18H,7-8,17H2,1-2H3. The van der Waals surface area contributed by atoms with Crippen LogP contribution >= 0.6 is 0 Å². The second-order valence-corrected chi connectivity index (χ2v) is 4.87. The van der Waals surface area contributed by atoms with Gasteiger partial charge >= 0.3 is 0 Å². The molecule has 0 bridgehead atoms. The Hall–Kier alpha value is -1.79. The van der Waals surface area contributed by atoms with Gasteiger partial charge in [-0.3, -0.25) is 16.0 Å². The molecule has 0 saturated heterocycles. The van der Waals surface area contributed by atoms with Gasteiger partial charge in [0.1, 0.15) is 11.6 Å². The third kappa shape index (κ3) is 3.20. The molecule has 108 valence electrons. The number of hydrogen-bond donors (Lipinski definition) is 2. The van der Waals surface area contributed by atoms with Crippen molar-refractivity contribution in [2.24, 2.45) is 12.9 Å². The predicted molar refractivity (Wildman–Crippen MR) is 72.8 cm³/mol. The number of hydrazine groups is 1. The highest BCUT2D eigenvalue weighted by Gasteiger charge is 2.17. The number of aryl methyl sites for hydroxylation is 2. The van der Waals surface area contributed by atoms with E-state index in [0.29, 0.717) is 6.42 Å². The van der Waals surface area contributed by atoms with E-state index < -0.39 is 11.6 Å². The molecule has 0 radical (unpaired) electrons. The van der Waals surface area contributed by atoms with Gasteiger partial charge in [-0.25, -0.2) is 8.78 Å². The minimum Gasteiger partial charge on any atom is -0.272 e. The topological polar surface area (TPSA) is 55.9 Å². The average Bonchev–Trinajstić information content (AvgIpc) is 2.71. The number of aromatic nitrogens is 2. The number of benzene rings is 1. The molecule has 6 heteroatoms. The van der Waals surface area contributed by atoms with Crippen LogP contribution in [0.1, 0.15) is 17.0 Å². The van der Waals surface area contributed by atoms with E-state index in [1.807, 2.05) is 20.0 Å². The first kappa shape index (κ1) is 14.6. The monoisotopic (exact) mass is 280 g/mol. The molecule has 1 aromatic heterocycles. The molecule has 4 nitrogen and oxygen atoms in total. The summed E-state index contributed by atoms with van der Waals surface area (Å²) in [6, 6.07) is 5.52. The lowest BCUT2D eigenvalue weighted by Crippen LogP contribution is -2.39. The fourth-order valence-corrected chi connectivity index (χ4v) is 2.27. The smallest absolute Gasteiger partial charge is 0.129 e. The van der Waals surface area contributed by atoms with Crippen molar-refractivity contribution in [3.63, 3.8) is 0 Å². The van der Waals surface area contributed by atoms with Gasteiger partial charge in [0, 0.05) is 30.8 Å². The van der Waals surface area contributed by atoms with Crippen molar-refractivity contribution in [1.29, 1.82) is 0 Å². The van der Waals surface area contributed by atoms with E-state index in [-0.39, 0.29) is 18.0 Å². The van der Waals surface area contributed by atoms with Gasteiger partial charge in [-0.2, -0.15) is 5.10 Å². The molecule has 0 amide bonds. The molecule has 1 aromatic carbocycles. The summed E-state index contributed by atoms with van der Waals surface area (Å²) in [5.74, 6) is 4.40. The van der Waals surface area contributed by atoms with E-state index in [4.69, 9.17) is 5.84 Å². The van der Waals surface area contributed by atoms with Crippen LogP contribution in [0.15, 0.2) is 24.3 Å². The van der Waals surface area contributed by atoms with Gasteiger partial charge in [0.25, 0.3) is 0 Å². The number of hydrogen-bond acceptors (Lipinski definition) is 3. The molecule has 1 atom stereocenters. The van der Waals surface area contributed by atoms with Crippen LogP contribution < -0.4 is 11.3 Å². The van der Waals surface area contributed by atoms with E-state index in [1.54, 1.807) is 4.68 Å². The number of rotatable bonds is 5. The van der Waals surface area contributed by atoms with Crippen molar-refractivity contribution >= 4 is 0 Å². The zero-order valence-corrected chi connectivity index (χ0v) is 11.5. The van der Waals surface area contributed by atoms with Crippen LogP contribution in [0.5, 0.6) is 0 Å². The quantitative estimate of drug-likeness (QED) is 0.646. The number of nitrogens with two attached hydrogens (primary N) is 1. The molecule has 0 saturated carbocycles. The number of nitrogens with zero attached hydrogens (tertiary/aromatic N) is 2. The fourth-order valence-electron chi connectivity index (χ4n) is 2.27. The number of nitrogens with one attached hydrogen (secondary N) is 1. The molecule has 0 aliphatic heterocycles. The molecule has 3 N–H and O–H groups in total. The zero-order chi connectivity index (χ0) is 14.7. The highest BCUT2D eigenvalue weighted by atomic mass is 19.1. The lowest BCUT2D eigenvalue weighted by Gasteiger charge is -2.16. The van der Waals surface area contributed by atoms with Gasteiger partial charge in [-0.1, -0.05) is 6.07 Å². The third-order valence-electron chi connectivity index (χ3n) is 3.30. The summed E-state index contributed by atoms with van der Waals surface area (Å²) < 4.78 is 29.0. The van der Waals surface area contributed by atoms with Crippen LogP contribution in [0.4, 0.5) is 8.78 Å². The van der Waals surface area contributed by atoms with Gasteiger partial charge in [-0.05, 0) is 31.5 Å². The zero-order valence-electron chi connectivity index (χ0n) is 11.5. The predicted octanol–water partition coefficient (Wildman–Crippen LogP) is 1.62. The van der Waals surface area contributed by atoms with Crippen LogP contribution in [0.2, 0.25) is 0 Å². The maximum atomic E-state index is 13.6. The van der Waals surface area contributed by atoms with Crippen molar-refractivity contribution in [2.45, 2.75) is 25.8 Å². The van der Waals surface area contributed by atoms with E-state index in [0.717, 1.165) is 11.4 Å². The average molecular weight is 280 g/mol. The van der Waals surface area contributed by atoms with Crippen LogP contribution in [-0.4, -0.2) is 15.8 Å². The largest absolute Gasteiger partial charge is 0.272 e. The molecule has 2 aromatic rings. The first-order chi connectivity index (χ1) is 9.51. The van der Waals surface area contributed by atoms with Crippen LogP contribution in [-0.2, 0) is 19.9 Å². The fraction of sp³-hybridized carbons (Fsp3) is 0.357. The second kappa shape index (κ2) is 6.11. The molecular weight excluding hydrogens is 262 g/mol. The van der Waals surface area contributed by atoms with Crippen LogP contribution in [0, 0.1) is 18.6 Å². The van der Waals surface area contributed by atoms with E-state index in [2.05, 4.69) is 10.5 Å². The van der Waals surface area contributed by atoms with Crippen molar-refractivity contribution in [1.82, 2.24) is 15.2 Å².